The maximum atomic E-state index is 13.8. The predicted octanol–water partition coefficient (Wildman–Crippen LogP) is 6.03. The van der Waals surface area contributed by atoms with Crippen LogP contribution in [-0.4, -0.2) is 31.6 Å². The first-order chi connectivity index (χ1) is 19.6. The number of furan rings is 1. The number of carbonyl (C=O) groups is 1. The quantitative estimate of drug-likeness (QED) is 0.303. The minimum absolute atomic E-state index is 0.168. The van der Waals surface area contributed by atoms with Gasteiger partial charge < -0.3 is 9.40 Å². The van der Waals surface area contributed by atoms with Gasteiger partial charge in [-0.2, -0.15) is 5.10 Å². The van der Waals surface area contributed by atoms with Gasteiger partial charge in [0, 0.05) is 35.3 Å². The van der Waals surface area contributed by atoms with Crippen molar-refractivity contribution in [1.82, 2.24) is 20.0 Å². The SMILES string of the molecule is Cc1ccc2c(-c3ccccc3)c(C3=NN(C(=O)c4ccco4)C(c4ccc5nccnc5c4)C3)c(=O)[nH]c2c1. The second-order valence-corrected chi connectivity index (χ2v) is 9.82. The normalized spacial score (nSPS) is 15.1. The summed E-state index contributed by atoms with van der Waals surface area (Å²) >= 11 is 0. The molecule has 1 aliphatic heterocycles. The van der Waals surface area contributed by atoms with Crippen LogP contribution in [0.25, 0.3) is 33.1 Å². The number of rotatable bonds is 4. The molecule has 1 amide bonds. The first kappa shape index (κ1) is 23.7. The molecule has 0 saturated heterocycles. The van der Waals surface area contributed by atoms with Gasteiger partial charge in [-0.05, 0) is 53.9 Å². The van der Waals surface area contributed by atoms with Gasteiger partial charge in [0.2, 0.25) is 0 Å². The van der Waals surface area contributed by atoms with E-state index in [2.05, 4.69) is 15.0 Å². The average molecular weight is 526 g/mol. The van der Waals surface area contributed by atoms with Crippen molar-refractivity contribution < 1.29 is 9.21 Å². The Kier molecular flexibility index (Phi) is 5.59. The number of carbonyl (C=O) groups excluding carboxylic acids is 1. The Hall–Kier alpha value is -5.37. The topological polar surface area (TPSA) is 104 Å². The standard InChI is InChI=1S/C32H23N5O3/c1-19-9-11-22-24(16-19)35-31(38)30(29(22)20-6-3-2-4-7-20)26-18-27(37(36-26)32(39)28-8-5-15-40-28)21-10-12-23-25(17-21)34-14-13-33-23/h2-17,27H,18H2,1H3,(H,35,38). The van der Waals surface area contributed by atoms with E-state index in [1.54, 1.807) is 24.5 Å². The third-order valence-electron chi connectivity index (χ3n) is 7.25. The van der Waals surface area contributed by atoms with Crippen LogP contribution in [0.1, 0.15) is 39.7 Å². The molecule has 3 aromatic carbocycles. The second-order valence-electron chi connectivity index (χ2n) is 9.82. The van der Waals surface area contributed by atoms with Gasteiger partial charge in [-0.3, -0.25) is 19.6 Å². The third-order valence-corrected chi connectivity index (χ3v) is 7.25. The molecule has 7 rings (SSSR count). The van der Waals surface area contributed by atoms with Gasteiger partial charge in [0.05, 0.1) is 34.6 Å². The summed E-state index contributed by atoms with van der Waals surface area (Å²) in [7, 11) is 0. The van der Waals surface area contributed by atoms with Crippen LogP contribution in [-0.2, 0) is 0 Å². The summed E-state index contributed by atoms with van der Waals surface area (Å²) in [4.78, 5) is 39.3. The number of benzene rings is 3. The molecule has 8 heteroatoms. The van der Waals surface area contributed by atoms with Gasteiger partial charge in [-0.1, -0.05) is 48.5 Å². The summed E-state index contributed by atoms with van der Waals surface area (Å²) < 4.78 is 5.44. The lowest BCUT2D eigenvalue weighted by atomic mass is 9.90. The lowest BCUT2D eigenvalue weighted by Crippen LogP contribution is -2.26. The van der Waals surface area contributed by atoms with Gasteiger partial charge in [0.15, 0.2) is 5.76 Å². The molecule has 3 aromatic heterocycles. The molecule has 1 unspecified atom stereocenters. The zero-order valence-corrected chi connectivity index (χ0v) is 21.5. The third kappa shape index (κ3) is 3.97. The molecular formula is C32H23N5O3. The first-order valence-corrected chi connectivity index (χ1v) is 12.9. The molecular weight excluding hydrogens is 502 g/mol. The number of hydrogen-bond donors (Lipinski definition) is 1. The number of amides is 1. The number of aryl methyl sites for hydroxylation is 1. The highest BCUT2D eigenvalue weighted by Crippen LogP contribution is 2.38. The van der Waals surface area contributed by atoms with Crippen molar-refractivity contribution in [3.05, 3.63) is 130 Å². The Morgan fingerprint density at radius 3 is 2.55 bits per heavy atom. The van der Waals surface area contributed by atoms with Crippen molar-refractivity contribution in [1.29, 1.82) is 0 Å². The number of hydrazone groups is 1. The van der Waals surface area contributed by atoms with E-state index >= 15 is 0 Å². The van der Waals surface area contributed by atoms with E-state index in [1.165, 1.54) is 11.3 Å². The summed E-state index contributed by atoms with van der Waals surface area (Å²) in [5.41, 5.74) is 6.48. The Bertz CT molecular complexity index is 2000. The molecule has 0 aliphatic carbocycles. The number of aromatic nitrogens is 3. The van der Waals surface area contributed by atoms with Crippen LogP contribution >= 0.6 is 0 Å². The molecule has 8 nitrogen and oxygen atoms in total. The average Bonchev–Trinajstić information content (AvgIpc) is 3.67. The largest absolute Gasteiger partial charge is 0.459 e. The fourth-order valence-electron chi connectivity index (χ4n) is 5.40. The molecule has 4 heterocycles. The maximum absolute atomic E-state index is 13.8. The smallest absolute Gasteiger partial charge is 0.310 e. The van der Waals surface area contributed by atoms with Crippen LogP contribution in [0, 0.1) is 6.92 Å². The van der Waals surface area contributed by atoms with Gasteiger partial charge in [0.25, 0.3) is 5.56 Å². The van der Waals surface area contributed by atoms with Crippen molar-refractivity contribution in [2.24, 2.45) is 5.10 Å². The highest BCUT2D eigenvalue weighted by Gasteiger charge is 2.37. The Labute approximate surface area is 228 Å². The van der Waals surface area contributed by atoms with E-state index < -0.39 is 11.9 Å². The van der Waals surface area contributed by atoms with Crippen LogP contribution < -0.4 is 5.56 Å². The number of hydrogen-bond acceptors (Lipinski definition) is 6. The molecule has 1 aliphatic rings. The van der Waals surface area contributed by atoms with E-state index in [1.807, 2.05) is 73.7 Å². The highest BCUT2D eigenvalue weighted by atomic mass is 16.3. The van der Waals surface area contributed by atoms with Gasteiger partial charge in [0.1, 0.15) is 0 Å². The monoisotopic (exact) mass is 525 g/mol. The lowest BCUT2D eigenvalue weighted by Gasteiger charge is -2.21. The van der Waals surface area contributed by atoms with Crippen molar-refractivity contribution in [3.63, 3.8) is 0 Å². The number of H-pyrrole nitrogens is 1. The van der Waals surface area contributed by atoms with E-state index in [9.17, 15) is 9.59 Å². The van der Waals surface area contributed by atoms with Crippen molar-refractivity contribution in [2.75, 3.05) is 0 Å². The summed E-state index contributed by atoms with van der Waals surface area (Å²) in [6.07, 6.45) is 5.07. The molecule has 40 heavy (non-hydrogen) atoms. The van der Waals surface area contributed by atoms with Crippen molar-refractivity contribution in [2.45, 2.75) is 19.4 Å². The minimum atomic E-state index is -0.476. The van der Waals surface area contributed by atoms with Crippen molar-refractivity contribution in [3.8, 4) is 11.1 Å². The van der Waals surface area contributed by atoms with E-state index in [-0.39, 0.29) is 11.3 Å². The minimum Gasteiger partial charge on any atom is -0.459 e. The van der Waals surface area contributed by atoms with Gasteiger partial charge in [-0.25, -0.2) is 5.01 Å². The first-order valence-electron chi connectivity index (χ1n) is 12.9. The number of fused-ring (bicyclic) bond motifs is 2. The summed E-state index contributed by atoms with van der Waals surface area (Å²) in [6.45, 7) is 1.99. The molecule has 194 valence electrons. The van der Waals surface area contributed by atoms with Crippen LogP contribution in [0.4, 0.5) is 0 Å². The molecule has 6 aromatic rings. The Balaban J connectivity index is 1.43. The summed E-state index contributed by atoms with van der Waals surface area (Å²) in [6, 6.07) is 24.3. The molecule has 0 radical (unpaired) electrons. The van der Waals surface area contributed by atoms with Gasteiger partial charge in [-0.15, -0.1) is 0 Å². The Morgan fingerprint density at radius 2 is 1.75 bits per heavy atom. The van der Waals surface area contributed by atoms with Crippen LogP contribution in [0.15, 0.2) is 112 Å². The van der Waals surface area contributed by atoms with Crippen LogP contribution in [0.2, 0.25) is 0 Å². The number of pyridine rings is 1. The molecule has 0 saturated carbocycles. The molecule has 1 atom stereocenters. The zero-order chi connectivity index (χ0) is 27.2. The van der Waals surface area contributed by atoms with Crippen LogP contribution in [0.5, 0.6) is 0 Å². The van der Waals surface area contributed by atoms with E-state index in [4.69, 9.17) is 9.52 Å². The molecule has 1 N–H and O–H groups in total. The summed E-state index contributed by atoms with van der Waals surface area (Å²) in [5, 5.41) is 7.13. The fraction of sp³-hybridized carbons (Fsp3) is 0.0938. The van der Waals surface area contributed by atoms with E-state index in [0.29, 0.717) is 23.2 Å². The summed E-state index contributed by atoms with van der Waals surface area (Å²) in [5.74, 6) is -0.222. The second kappa shape index (κ2) is 9.43. The Morgan fingerprint density at radius 1 is 0.925 bits per heavy atom. The maximum Gasteiger partial charge on any atom is 0.310 e. The van der Waals surface area contributed by atoms with Gasteiger partial charge >= 0.3 is 5.91 Å². The number of aromatic amines is 1. The van der Waals surface area contributed by atoms with Crippen molar-refractivity contribution >= 4 is 33.6 Å². The van der Waals surface area contributed by atoms with E-state index in [0.717, 1.165) is 38.7 Å². The lowest BCUT2D eigenvalue weighted by molar-refractivity contribution is 0.0678. The highest BCUT2D eigenvalue weighted by molar-refractivity contribution is 6.13. The zero-order valence-electron chi connectivity index (χ0n) is 21.5. The molecule has 0 fully saturated rings. The molecule has 0 bridgehead atoms. The van der Waals surface area contributed by atoms with Crippen LogP contribution in [0.3, 0.4) is 0 Å². The number of nitrogens with zero attached hydrogens (tertiary/aromatic N) is 4. The number of nitrogens with one attached hydrogen (secondary N) is 1. The fourth-order valence-corrected chi connectivity index (χ4v) is 5.40. The predicted molar refractivity (Wildman–Crippen MR) is 153 cm³/mol. The molecule has 0 spiro atoms.